The van der Waals surface area contributed by atoms with Gasteiger partial charge in [-0.25, -0.2) is 0 Å². The summed E-state index contributed by atoms with van der Waals surface area (Å²) < 4.78 is 16.6. The first-order chi connectivity index (χ1) is 11.6. The standard InChI is InChI=1S/C18H28N2O4/c1-15(21)16-4-5-17(18(14-16)22-3)24-13-12-23-11-10-20-8-6-19(2)7-9-20/h4-5,14H,6-13H2,1-3H3. The second kappa shape index (κ2) is 9.61. The van der Waals surface area contributed by atoms with Crippen molar-refractivity contribution in [1.29, 1.82) is 0 Å². The van der Waals surface area contributed by atoms with Gasteiger partial charge in [0, 0.05) is 38.3 Å². The number of hydrogen-bond acceptors (Lipinski definition) is 6. The molecule has 1 heterocycles. The number of rotatable bonds is 9. The topological polar surface area (TPSA) is 51.2 Å². The number of piperazine rings is 1. The van der Waals surface area contributed by atoms with Crippen LogP contribution in [0.1, 0.15) is 17.3 Å². The molecule has 0 aromatic heterocycles. The Bertz CT molecular complexity index is 528. The van der Waals surface area contributed by atoms with Crippen LogP contribution in [0.4, 0.5) is 0 Å². The fraction of sp³-hybridized carbons (Fsp3) is 0.611. The summed E-state index contributed by atoms with van der Waals surface area (Å²) in [5.74, 6) is 1.21. The molecule has 1 saturated heterocycles. The molecule has 1 fully saturated rings. The van der Waals surface area contributed by atoms with E-state index in [0.717, 1.165) is 32.7 Å². The molecule has 134 valence electrons. The third-order valence-corrected chi connectivity index (χ3v) is 4.20. The fourth-order valence-electron chi connectivity index (χ4n) is 2.58. The highest BCUT2D eigenvalue weighted by atomic mass is 16.5. The molecule has 1 aromatic rings. The van der Waals surface area contributed by atoms with Gasteiger partial charge in [0.1, 0.15) is 6.61 Å². The van der Waals surface area contributed by atoms with Crippen LogP contribution in [-0.4, -0.2) is 82.3 Å². The summed E-state index contributed by atoms with van der Waals surface area (Å²) in [5.41, 5.74) is 0.614. The molecule has 0 amide bonds. The van der Waals surface area contributed by atoms with Crippen LogP contribution in [0, 0.1) is 0 Å². The van der Waals surface area contributed by atoms with Crippen molar-refractivity contribution in [2.75, 3.05) is 66.7 Å². The SMILES string of the molecule is COc1cc(C(C)=O)ccc1OCCOCCN1CCN(C)CC1. The molecule has 0 unspecified atom stereocenters. The van der Waals surface area contributed by atoms with Crippen LogP contribution >= 0.6 is 0 Å². The largest absolute Gasteiger partial charge is 0.493 e. The number of ketones is 1. The average Bonchev–Trinajstić information content (AvgIpc) is 2.59. The van der Waals surface area contributed by atoms with E-state index in [9.17, 15) is 4.79 Å². The smallest absolute Gasteiger partial charge is 0.161 e. The molecule has 1 aromatic carbocycles. The number of likely N-dealkylation sites (N-methyl/N-ethyl adjacent to an activating group) is 1. The number of benzene rings is 1. The number of methoxy groups -OCH3 is 1. The maximum Gasteiger partial charge on any atom is 0.161 e. The van der Waals surface area contributed by atoms with Gasteiger partial charge < -0.3 is 19.1 Å². The van der Waals surface area contributed by atoms with Gasteiger partial charge in [0.05, 0.1) is 20.3 Å². The lowest BCUT2D eigenvalue weighted by atomic mass is 10.1. The molecule has 6 heteroatoms. The van der Waals surface area contributed by atoms with E-state index in [1.807, 2.05) is 0 Å². The predicted molar refractivity (Wildman–Crippen MR) is 93.2 cm³/mol. The van der Waals surface area contributed by atoms with Crippen LogP contribution in [0.3, 0.4) is 0 Å². The van der Waals surface area contributed by atoms with E-state index in [4.69, 9.17) is 14.2 Å². The number of hydrogen-bond donors (Lipinski definition) is 0. The lowest BCUT2D eigenvalue weighted by Gasteiger charge is -2.32. The maximum atomic E-state index is 11.4. The van der Waals surface area contributed by atoms with Crippen molar-refractivity contribution in [3.8, 4) is 11.5 Å². The summed E-state index contributed by atoms with van der Waals surface area (Å²) in [5, 5.41) is 0. The minimum Gasteiger partial charge on any atom is -0.493 e. The Hall–Kier alpha value is -1.63. The number of carbonyl (C=O) groups is 1. The predicted octanol–water partition coefficient (Wildman–Crippen LogP) is 1.54. The summed E-state index contributed by atoms with van der Waals surface area (Å²) >= 11 is 0. The van der Waals surface area contributed by atoms with Gasteiger partial charge in [0.2, 0.25) is 0 Å². The first kappa shape index (κ1) is 18.7. The Morgan fingerprint density at radius 3 is 2.50 bits per heavy atom. The van der Waals surface area contributed by atoms with Gasteiger partial charge in [-0.2, -0.15) is 0 Å². The Morgan fingerprint density at radius 2 is 1.83 bits per heavy atom. The minimum absolute atomic E-state index is 0.00656. The first-order valence-electron chi connectivity index (χ1n) is 8.40. The summed E-state index contributed by atoms with van der Waals surface area (Å²) in [6.45, 7) is 8.66. The van der Waals surface area contributed by atoms with Gasteiger partial charge in [0.15, 0.2) is 17.3 Å². The van der Waals surface area contributed by atoms with Crippen molar-refractivity contribution in [3.63, 3.8) is 0 Å². The quantitative estimate of drug-likeness (QED) is 0.504. The van der Waals surface area contributed by atoms with Crippen molar-refractivity contribution in [1.82, 2.24) is 9.80 Å². The van der Waals surface area contributed by atoms with Gasteiger partial charge in [-0.15, -0.1) is 0 Å². The Labute approximate surface area is 144 Å². The zero-order valence-electron chi connectivity index (χ0n) is 14.9. The van der Waals surface area contributed by atoms with E-state index >= 15 is 0 Å². The molecule has 1 aliphatic heterocycles. The molecule has 0 spiro atoms. The molecular weight excluding hydrogens is 308 g/mol. The summed E-state index contributed by atoms with van der Waals surface area (Å²) in [7, 11) is 3.72. The Kier molecular flexibility index (Phi) is 7.49. The zero-order chi connectivity index (χ0) is 17.4. The van der Waals surface area contributed by atoms with Crippen molar-refractivity contribution >= 4 is 5.78 Å². The van der Waals surface area contributed by atoms with Crippen LogP contribution in [0.15, 0.2) is 18.2 Å². The van der Waals surface area contributed by atoms with Gasteiger partial charge in [-0.3, -0.25) is 9.69 Å². The summed E-state index contributed by atoms with van der Waals surface area (Å²) in [4.78, 5) is 16.1. The molecule has 24 heavy (non-hydrogen) atoms. The highest BCUT2D eigenvalue weighted by Crippen LogP contribution is 2.28. The van der Waals surface area contributed by atoms with E-state index in [1.165, 1.54) is 6.92 Å². The number of nitrogens with zero attached hydrogens (tertiary/aromatic N) is 2. The van der Waals surface area contributed by atoms with Gasteiger partial charge in [-0.1, -0.05) is 0 Å². The molecule has 2 rings (SSSR count). The van der Waals surface area contributed by atoms with Crippen LogP contribution in [0.2, 0.25) is 0 Å². The van der Waals surface area contributed by atoms with Crippen molar-refractivity contribution < 1.29 is 19.0 Å². The lowest BCUT2D eigenvalue weighted by molar-refractivity contribution is 0.0653. The van der Waals surface area contributed by atoms with Crippen molar-refractivity contribution in [2.24, 2.45) is 0 Å². The molecule has 1 aliphatic rings. The van der Waals surface area contributed by atoms with Crippen molar-refractivity contribution in [3.05, 3.63) is 23.8 Å². The average molecular weight is 336 g/mol. The molecule has 6 nitrogen and oxygen atoms in total. The van der Waals surface area contributed by atoms with Crippen LogP contribution in [0.25, 0.3) is 0 Å². The van der Waals surface area contributed by atoms with E-state index in [0.29, 0.717) is 36.9 Å². The van der Waals surface area contributed by atoms with E-state index in [1.54, 1.807) is 25.3 Å². The number of carbonyl (C=O) groups excluding carboxylic acids is 1. The van der Waals surface area contributed by atoms with E-state index in [-0.39, 0.29) is 5.78 Å². The molecule has 0 atom stereocenters. The highest BCUT2D eigenvalue weighted by molar-refractivity contribution is 5.94. The number of ether oxygens (including phenoxy) is 3. The third kappa shape index (κ3) is 5.78. The molecule has 0 bridgehead atoms. The van der Waals surface area contributed by atoms with Crippen LogP contribution in [-0.2, 0) is 4.74 Å². The van der Waals surface area contributed by atoms with E-state index < -0.39 is 0 Å². The fourth-order valence-corrected chi connectivity index (χ4v) is 2.58. The Balaban J connectivity index is 1.64. The number of Topliss-reactive ketones (excluding diaryl/α,β-unsaturated/α-hetero) is 1. The van der Waals surface area contributed by atoms with E-state index in [2.05, 4.69) is 16.8 Å². The first-order valence-corrected chi connectivity index (χ1v) is 8.40. The van der Waals surface area contributed by atoms with Gasteiger partial charge in [0.25, 0.3) is 0 Å². The molecule has 0 aliphatic carbocycles. The molecular formula is C18H28N2O4. The van der Waals surface area contributed by atoms with Crippen LogP contribution < -0.4 is 9.47 Å². The molecule has 0 radical (unpaired) electrons. The van der Waals surface area contributed by atoms with Gasteiger partial charge >= 0.3 is 0 Å². The second-order valence-corrected chi connectivity index (χ2v) is 6.03. The maximum absolute atomic E-state index is 11.4. The van der Waals surface area contributed by atoms with Crippen molar-refractivity contribution in [2.45, 2.75) is 6.92 Å². The molecule has 0 saturated carbocycles. The Morgan fingerprint density at radius 1 is 1.08 bits per heavy atom. The van der Waals surface area contributed by atoms with Gasteiger partial charge in [-0.05, 0) is 32.2 Å². The summed E-state index contributed by atoms with van der Waals surface area (Å²) in [6.07, 6.45) is 0. The van der Waals surface area contributed by atoms with Crippen LogP contribution in [0.5, 0.6) is 11.5 Å². The monoisotopic (exact) mass is 336 g/mol. The highest BCUT2D eigenvalue weighted by Gasteiger charge is 2.13. The second-order valence-electron chi connectivity index (χ2n) is 6.03. The summed E-state index contributed by atoms with van der Waals surface area (Å²) in [6, 6.07) is 5.21. The third-order valence-electron chi connectivity index (χ3n) is 4.20. The normalized spacial score (nSPS) is 16.1. The zero-order valence-corrected chi connectivity index (χ0v) is 14.9. The lowest BCUT2D eigenvalue weighted by Crippen LogP contribution is -2.45. The molecule has 0 N–H and O–H groups in total. The minimum atomic E-state index is 0.00656.